The zero-order valence-electron chi connectivity index (χ0n) is 13.2. The van der Waals surface area contributed by atoms with Gasteiger partial charge in [-0.3, -0.25) is 20.2 Å². The molecule has 1 saturated heterocycles. The second kappa shape index (κ2) is 6.28. The summed E-state index contributed by atoms with van der Waals surface area (Å²) in [5.41, 5.74) is -0.235. The van der Waals surface area contributed by atoms with E-state index in [0.29, 0.717) is 12.8 Å². The van der Waals surface area contributed by atoms with Crippen molar-refractivity contribution < 1.29 is 14.4 Å². The van der Waals surface area contributed by atoms with Crippen molar-refractivity contribution in [2.75, 3.05) is 0 Å². The molecule has 0 radical (unpaired) electrons. The molecule has 1 fully saturated rings. The molecule has 1 aliphatic heterocycles. The third kappa shape index (κ3) is 2.69. The Balaban J connectivity index is 1.92. The number of benzene rings is 2. The lowest BCUT2D eigenvalue weighted by atomic mass is 9.76. The number of fused-ring (bicyclic) bond motifs is 1. The molecule has 0 unspecified atom stereocenters. The smallest absolute Gasteiger partial charge is 0.277 e. The number of aryl methyl sites for hydroxylation is 1. The lowest BCUT2D eigenvalue weighted by molar-refractivity contribution is -0.144. The molecule has 5 heteroatoms. The molecule has 0 aliphatic carbocycles. The molecule has 3 rings (SSSR count). The van der Waals surface area contributed by atoms with E-state index >= 15 is 0 Å². The van der Waals surface area contributed by atoms with E-state index in [-0.39, 0.29) is 6.42 Å². The minimum atomic E-state index is -1.30. The molecule has 0 saturated carbocycles. The van der Waals surface area contributed by atoms with Crippen molar-refractivity contribution in [1.82, 2.24) is 10.6 Å². The van der Waals surface area contributed by atoms with Crippen molar-refractivity contribution in [3.8, 4) is 0 Å². The highest BCUT2D eigenvalue weighted by atomic mass is 16.2. The number of nitrogens with one attached hydrogen (secondary N) is 2. The van der Waals surface area contributed by atoms with E-state index in [4.69, 9.17) is 0 Å². The SMILES string of the molecule is C=CCC1(CCc2cccc3ccccc23)C(=O)NC(=O)NC1=O. The Hall–Kier alpha value is -2.95. The molecule has 2 aromatic rings. The van der Waals surface area contributed by atoms with Crippen molar-refractivity contribution in [2.45, 2.75) is 19.3 Å². The first-order chi connectivity index (χ1) is 11.6. The summed E-state index contributed by atoms with van der Waals surface area (Å²) in [4.78, 5) is 36.1. The van der Waals surface area contributed by atoms with Crippen molar-refractivity contribution in [3.63, 3.8) is 0 Å². The van der Waals surface area contributed by atoms with Crippen LogP contribution in [-0.2, 0) is 16.0 Å². The maximum Gasteiger partial charge on any atom is 0.328 e. The molecule has 5 nitrogen and oxygen atoms in total. The number of carbonyl (C=O) groups is 3. The summed E-state index contributed by atoms with van der Waals surface area (Å²) in [6, 6.07) is 13.2. The minimum absolute atomic E-state index is 0.183. The van der Waals surface area contributed by atoms with Crippen molar-refractivity contribution in [1.29, 1.82) is 0 Å². The van der Waals surface area contributed by atoms with E-state index in [2.05, 4.69) is 17.2 Å². The molecule has 0 bridgehead atoms. The summed E-state index contributed by atoms with van der Waals surface area (Å²) >= 11 is 0. The van der Waals surface area contributed by atoms with E-state index in [1.165, 1.54) is 6.08 Å². The molecule has 2 aromatic carbocycles. The normalized spacial score (nSPS) is 16.6. The van der Waals surface area contributed by atoms with Gasteiger partial charge in [-0.15, -0.1) is 6.58 Å². The van der Waals surface area contributed by atoms with Crippen LogP contribution in [0.4, 0.5) is 4.79 Å². The Bertz CT molecular complexity index is 816. The van der Waals surface area contributed by atoms with E-state index < -0.39 is 23.3 Å². The third-order valence-corrected chi connectivity index (χ3v) is 4.52. The lowest BCUT2D eigenvalue weighted by Gasteiger charge is -2.33. The van der Waals surface area contributed by atoms with Crippen LogP contribution >= 0.6 is 0 Å². The van der Waals surface area contributed by atoms with E-state index in [0.717, 1.165) is 16.3 Å². The number of allylic oxidation sites excluding steroid dienone is 1. The molecule has 122 valence electrons. The molecule has 24 heavy (non-hydrogen) atoms. The van der Waals surface area contributed by atoms with Crippen LogP contribution in [0.1, 0.15) is 18.4 Å². The van der Waals surface area contributed by atoms with Crippen molar-refractivity contribution >= 4 is 28.6 Å². The van der Waals surface area contributed by atoms with Gasteiger partial charge in [0.15, 0.2) is 0 Å². The topological polar surface area (TPSA) is 75.3 Å². The van der Waals surface area contributed by atoms with Gasteiger partial charge in [0.05, 0.1) is 0 Å². The first-order valence-electron chi connectivity index (χ1n) is 7.81. The molecule has 4 amide bonds. The molecule has 1 aliphatic rings. The minimum Gasteiger partial charge on any atom is -0.277 e. The predicted octanol–water partition coefficient (Wildman–Crippen LogP) is 2.70. The quantitative estimate of drug-likeness (QED) is 0.656. The summed E-state index contributed by atoms with van der Waals surface area (Å²) < 4.78 is 0. The summed E-state index contributed by atoms with van der Waals surface area (Å²) in [6.45, 7) is 3.65. The Morgan fingerprint density at radius 3 is 2.33 bits per heavy atom. The van der Waals surface area contributed by atoms with E-state index in [9.17, 15) is 14.4 Å². The second-order valence-corrected chi connectivity index (χ2v) is 5.95. The van der Waals surface area contributed by atoms with Gasteiger partial charge in [-0.05, 0) is 35.6 Å². The number of amides is 4. The van der Waals surface area contributed by atoms with Gasteiger partial charge < -0.3 is 0 Å². The largest absolute Gasteiger partial charge is 0.328 e. The van der Waals surface area contributed by atoms with Crippen LogP contribution in [0.5, 0.6) is 0 Å². The van der Waals surface area contributed by atoms with Gasteiger partial charge in [0.1, 0.15) is 5.41 Å². The molecule has 0 atom stereocenters. The fourth-order valence-electron chi connectivity index (χ4n) is 3.20. The van der Waals surface area contributed by atoms with Gasteiger partial charge in [-0.2, -0.15) is 0 Å². The van der Waals surface area contributed by atoms with Crippen LogP contribution in [0.15, 0.2) is 55.1 Å². The van der Waals surface area contributed by atoms with Crippen LogP contribution in [0, 0.1) is 5.41 Å². The molecule has 0 spiro atoms. The van der Waals surface area contributed by atoms with Gasteiger partial charge in [0, 0.05) is 0 Å². The number of urea groups is 1. The third-order valence-electron chi connectivity index (χ3n) is 4.52. The Labute approximate surface area is 139 Å². The van der Waals surface area contributed by atoms with Gasteiger partial charge in [-0.1, -0.05) is 48.5 Å². The summed E-state index contributed by atoms with van der Waals surface area (Å²) in [5.74, 6) is -1.12. The van der Waals surface area contributed by atoms with Crippen LogP contribution in [0.2, 0.25) is 0 Å². The summed E-state index contributed by atoms with van der Waals surface area (Å²) in [6.07, 6.45) is 2.57. The first-order valence-corrected chi connectivity index (χ1v) is 7.81. The molecule has 0 aromatic heterocycles. The van der Waals surface area contributed by atoms with Gasteiger partial charge in [-0.25, -0.2) is 4.79 Å². The fourth-order valence-corrected chi connectivity index (χ4v) is 3.20. The van der Waals surface area contributed by atoms with Crippen molar-refractivity contribution in [2.24, 2.45) is 5.41 Å². The van der Waals surface area contributed by atoms with Crippen LogP contribution in [0.25, 0.3) is 10.8 Å². The highest BCUT2D eigenvalue weighted by Gasteiger charge is 2.48. The Morgan fingerprint density at radius 2 is 1.62 bits per heavy atom. The van der Waals surface area contributed by atoms with Crippen LogP contribution in [0.3, 0.4) is 0 Å². The standard InChI is InChI=1S/C19H18N2O3/c1-2-11-19(16(22)20-18(24)21-17(19)23)12-10-14-8-5-7-13-6-3-4-9-15(13)14/h2-9H,1,10-12H2,(H2,20,21,22,23,24). The average Bonchev–Trinajstić information content (AvgIpc) is 2.57. The number of carbonyl (C=O) groups excluding carboxylic acids is 3. The van der Waals surface area contributed by atoms with E-state index in [1.54, 1.807) is 0 Å². The second-order valence-electron chi connectivity index (χ2n) is 5.95. The maximum absolute atomic E-state index is 12.4. The van der Waals surface area contributed by atoms with Crippen LogP contribution in [-0.4, -0.2) is 17.8 Å². The van der Waals surface area contributed by atoms with Crippen LogP contribution < -0.4 is 10.6 Å². The number of imide groups is 2. The fraction of sp³-hybridized carbons (Fsp3) is 0.211. The lowest BCUT2D eigenvalue weighted by Crippen LogP contribution is -2.62. The van der Waals surface area contributed by atoms with E-state index in [1.807, 2.05) is 42.5 Å². The van der Waals surface area contributed by atoms with Gasteiger partial charge >= 0.3 is 6.03 Å². The highest BCUT2D eigenvalue weighted by molar-refractivity contribution is 6.19. The summed E-state index contributed by atoms with van der Waals surface area (Å²) in [7, 11) is 0. The molecular formula is C19H18N2O3. The van der Waals surface area contributed by atoms with Gasteiger partial charge in [0.25, 0.3) is 0 Å². The number of rotatable bonds is 5. The average molecular weight is 322 g/mol. The van der Waals surface area contributed by atoms with Gasteiger partial charge in [0.2, 0.25) is 11.8 Å². The number of barbiturate groups is 1. The van der Waals surface area contributed by atoms with Crippen molar-refractivity contribution in [3.05, 3.63) is 60.7 Å². The predicted molar refractivity (Wildman–Crippen MR) is 91.2 cm³/mol. The highest BCUT2D eigenvalue weighted by Crippen LogP contribution is 2.33. The number of hydrogen-bond donors (Lipinski definition) is 2. The molecular weight excluding hydrogens is 304 g/mol. The Morgan fingerprint density at radius 1 is 0.958 bits per heavy atom. The first kappa shape index (κ1) is 15.9. The molecule has 1 heterocycles. The monoisotopic (exact) mass is 322 g/mol. The zero-order valence-corrected chi connectivity index (χ0v) is 13.2. The zero-order chi connectivity index (χ0) is 17.2. The maximum atomic E-state index is 12.4. The Kier molecular flexibility index (Phi) is 4.16. The summed E-state index contributed by atoms with van der Waals surface area (Å²) in [5, 5.41) is 6.61. The number of hydrogen-bond acceptors (Lipinski definition) is 3. The molecule has 2 N–H and O–H groups in total.